The smallest absolute Gasteiger partial charge is 0.259 e. The fourth-order valence-corrected chi connectivity index (χ4v) is 2.87. The van der Waals surface area contributed by atoms with Gasteiger partial charge in [0.25, 0.3) is 5.91 Å². The molecule has 2 heterocycles. The fourth-order valence-electron chi connectivity index (χ4n) is 2.30. The van der Waals surface area contributed by atoms with Gasteiger partial charge in [-0.3, -0.25) is 4.79 Å². The SMILES string of the molecule is Cc1onc(-c2c(Cl)cccc2Cl)c1C(=O)N1CC(O)C1. The summed E-state index contributed by atoms with van der Waals surface area (Å²) in [4.78, 5) is 14.0. The van der Waals surface area contributed by atoms with Gasteiger partial charge in [-0.1, -0.05) is 34.4 Å². The first kappa shape index (κ1) is 14.4. The molecule has 1 N–H and O–H groups in total. The number of carbonyl (C=O) groups is 1. The quantitative estimate of drug-likeness (QED) is 0.921. The number of aromatic nitrogens is 1. The summed E-state index contributed by atoms with van der Waals surface area (Å²) in [5, 5.41) is 14.1. The van der Waals surface area contributed by atoms with E-state index in [0.717, 1.165) is 0 Å². The first-order valence-corrected chi connectivity index (χ1v) is 7.12. The number of aliphatic hydroxyl groups excluding tert-OH is 1. The van der Waals surface area contributed by atoms with Crippen LogP contribution in [-0.4, -0.2) is 40.3 Å². The predicted octanol–water partition coefficient (Wildman–Crippen LogP) is 2.77. The van der Waals surface area contributed by atoms with Crippen molar-refractivity contribution in [3.05, 3.63) is 39.6 Å². The number of nitrogens with zero attached hydrogens (tertiary/aromatic N) is 2. The van der Waals surface area contributed by atoms with Crippen molar-refractivity contribution >= 4 is 29.1 Å². The van der Waals surface area contributed by atoms with Gasteiger partial charge in [0.15, 0.2) is 0 Å². The van der Waals surface area contributed by atoms with Crippen LogP contribution in [0.1, 0.15) is 16.1 Å². The Bertz CT molecular complexity index is 688. The van der Waals surface area contributed by atoms with Gasteiger partial charge in [-0.15, -0.1) is 0 Å². The molecule has 2 aromatic rings. The van der Waals surface area contributed by atoms with Crippen LogP contribution in [0.2, 0.25) is 10.0 Å². The summed E-state index contributed by atoms with van der Waals surface area (Å²) in [5.74, 6) is 0.150. The highest BCUT2D eigenvalue weighted by Crippen LogP contribution is 2.37. The second-order valence-electron chi connectivity index (χ2n) is 4.92. The summed E-state index contributed by atoms with van der Waals surface area (Å²) >= 11 is 12.3. The molecule has 1 aromatic heterocycles. The van der Waals surface area contributed by atoms with Gasteiger partial charge in [0.1, 0.15) is 17.0 Å². The van der Waals surface area contributed by atoms with Gasteiger partial charge in [-0.05, 0) is 19.1 Å². The number of carbonyl (C=O) groups excluding carboxylic acids is 1. The third-order valence-electron chi connectivity index (χ3n) is 3.43. The van der Waals surface area contributed by atoms with Crippen molar-refractivity contribution in [2.45, 2.75) is 13.0 Å². The van der Waals surface area contributed by atoms with E-state index in [2.05, 4.69) is 5.16 Å². The van der Waals surface area contributed by atoms with Gasteiger partial charge in [0.2, 0.25) is 0 Å². The monoisotopic (exact) mass is 326 g/mol. The maximum Gasteiger partial charge on any atom is 0.259 e. The first-order chi connectivity index (χ1) is 9.99. The number of aliphatic hydroxyl groups is 1. The lowest BCUT2D eigenvalue weighted by molar-refractivity contribution is 0.00582. The number of hydrogen-bond acceptors (Lipinski definition) is 4. The molecule has 1 amide bonds. The molecule has 21 heavy (non-hydrogen) atoms. The summed E-state index contributed by atoms with van der Waals surface area (Å²) in [6, 6.07) is 5.07. The van der Waals surface area contributed by atoms with Crippen molar-refractivity contribution in [3.63, 3.8) is 0 Å². The largest absolute Gasteiger partial charge is 0.389 e. The molecule has 110 valence electrons. The Kier molecular flexibility index (Phi) is 3.65. The summed E-state index contributed by atoms with van der Waals surface area (Å²) in [6.45, 7) is 2.27. The summed E-state index contributed by atoms with van der Waals surface area (Å²) in [7, 11) is 0. The van der Waals surface area contributed by atoms with Gasteiger partial charge in [-0.25, -0.2) is 0 Å². The Morgan fingerprint density at radius 2 is 2.00 bits per heavy atom. The Labute approximate surface area is 131 Å². The molecule has 3 rings (SSSR count). The van der Waals surface area contributed by atoms with Crippen LogP contribution in [0.15, 0.2) is 22.7 Å². The molecule has 0 unspecified atom stereocenters. The molecule has 0 atom stereocenters. The standard InChI is InChI=1S/C14H12Cl2N2O3/c1-7-11(14(20)18-5-8(19)6-18)13(17-21-7)12-9(15)3-2-4-10(12)16/h2-4,8,19H,5-6H2,1H3. The van der Waals surface area contributed by atoms with Gasteiger partial charge >= 0.3 is 0 Å². The zero-order valence-electron chi connectivity index (χ0n) is 11.1. The molecule has 0 saturated carbocycles. The average Bonchev–Trinajstić information content (AvgIpc) is 2.76. The minimum Gasteiger partial charge on any atom is -0.389 e. The van der Waals surface area contributed by atoms with E-state index in [4.69, 9.17) is 27.7 Å². The molecule has 1 aromatic carbocycles. The second kappa shape index (κ2) is 5.33. The lowest BCUT2D eigenvalue weighted by atomic mass is 10.0. The van der Waals surface area contributed by atoms with Crippen LogP contribution in [0.3, 0.4) is 0 Å². The maximum atomic E-state index is 12.5. The van der Waals surface area contributed by atoms with Crippen LogP contribution in [0.25, 0.3) is 11.3 Å². The van der Waals surface area contributed by atoms with Crippen molar-refractivity contribution in [1.29, 1.82) is 0 Å². The molecule has 7 heteroatoms. The third kappa shape index (κ3) is 2.41. The Hall–Kier alpha value is -1.56. The molecular formula is C14H12Cl2N2O3. The number of likely N-dealkylation sites (tertiary alicyclic amines) is 1. The van der Waals surface area contributed by atoms with Crippen molar-refractivity contribution < 1.29 is 14.4 Å². The molecule has 0 radical (unpaired) electrons. The van der Waals surface area contributed by atoms with Gasteiger partial charge in [0, 0.05) is 18.7 Å². The number of hydrogen-bond donors (Lipinski definition) is 1. The lowest BCUT2D eigenvalue weighted by Crippen LogP contribution is -2.53. The highest BCUT2D eigenvalue weighted by Gasteiger charge is 2.34. The maximum absolute atomic E-state index is 12.5. The van der Waals surface area contributed by atoms with E-state index in [-0.39, 0.29) is 5.91 Å². The molecule has 0 aliphatic carbocycles. The van der Waals surface area contributed by atoms with Crippen LogP contribution in [0.5, 0.6) is 0 Å². The van der Waals surface area contributed by atoms with Crippen molar-refractivity contribution in [2.24, 2.45) is 0 Å². The van der Waals surface area contributed by atoms with Crippen molar-refractivity contribution in [2.75, 3.05) is 13.1 Å². The fraction of sp³-hybridized carbons (Fsp3) is 0.286. The molecule has 0 bridgehead atoms. The third-order valence-corrected chi connectivity index (χ3v) is 4.06. The number of halogens is 2. The van der Waals surface area contributed by atoms with E-state index < -0.39 is 6.10 Å². The average molecular weight is 327 g/mol. The Morgan fingerprint density at radius 1 is 1.38 bits per heavy atom. The lowest BCUT2D eigenvalue weighted by Gasteiger charge is -2.35. The summed E-state index contributed by atoms with van der Waals surface area (Å²) in [5.41, 5.74) is 1.13. The zero-order chi connectivity index (χ0) is 15.1. The number of rotatable bonds is 2. The van der Waals surface area contributed by atoms with E-state index in [1.165, 1.54) is 4.90 Å². The van der Waals surface area contributed by atoms with Gasteiger partial charge in [-0.2, -0.15) is 0 Å². The molecule has 1 aliphatic rings. The minimum atomic E-state index is -0.471. The Morgan fingerprint density at radius 3 is 2.57 bits per heavy atom. The predicted molar refractivity (Wildman–Crippen MR) is 78.6 cm³/mol. The molecule has 0 spiro atoms. The van der Waals surface area contributed by atoms with E-state index in [0.29, 0.717) is 45.7 Å². The van der Waals surface area contributed by atoms with E-state index in [1.54, 1.807) is 25.1 Å². The number of aryl methyl sites for hydroxylation is 1. The van der Waals surface area contributed by atoms with E-state index >= 15 is 0 Å². The number of amides is 1. The molecular weight excluding hydrogens is 315 g/mol. The zero-order valence-corrected chi connectivity index (χ0v) is 12.6. The van der Waals surface area contributed by atoms with Crippen LogP contribution in [0, 0.1) is 6.92 Å². The Balaban J connectivity index is 2.07. The van der Waals surface area contributed by atoms with Crippen LogP contribution in [-0.2, 0) is 0 Å². The molecule has 5 nitrogen and oxygen atoms in total. The van der Waals surface area contributed by atoms with Crippen molar-refractivity contribution in [3.8, 4) is 11.3 Å². The topological polar surface area (TPSA) is 66.6 Å². The minimum absolute atomic E-state index is 0.245. The highest BCUT2D eigenvalue weighted by molar-refractivity contribution is 6.39. The van der Waals surface area contributed by atoms with Crippen LogP contribution in [0.4, 0.5) is 0 Å². The number of β-amino-alcohol motifs (C(OH)–C–C–N with tert-alkyl or cyclic N) is 1. The van der Waals surface area contributed by atoms with E-state index in [9.17, 15) is 9.90 Å². The summed E-state index contributed by atoms with van der Waals surface area (Å²) in [6.07, 6.45) is -0.471. The summed E-state index contributed by atoms with van der Waals surface area (Å²) < 4.78 is 5.15. The molecule has 1 saturated heterocycles. The highest BCUT2D eigenvalue weighted by atomic mass is 35.5. The molecule has 1 aliphatic heterocycles. The van der Waals surface area contributed by atoms with Crippen molar-refractivity contribution in [1.82, 2.24) is 10.1 Å². The molecule has 1 fully saturated rings. The van der Waals surface area contributed by atoms with E-state index in [1.807, 2.05) is 0 Å². The van der Waals surface area contributed by atoms with Crippen LogP contribution < -0.4 is 0 Å². The normalized spacial score (nSPS) is 15.1. The first-order valence-electron chi connectivity index (χ1n) is 6.37. The number of benzene rings is 1. The van der Waals surface area contributed by atoms with Gasteiger partial charge in [0.05, 0.1) is 16.1 Å². The second-order valence-corrected chi connectivity index (χ2v) is 5.74. The van der Waals surface area contributed by atoms with Crippen LogP contribution >= 0.6 is 23.2 Å². The van der Waals surface area contributed by atoms with Gasteiger partial charge < -0.3 is 14.5 Å².